The van der Waals surface area contributed by atoms with Crippen molar-refractivity contribution in [3.05, 3.63) is 58.6 Å². The van der Waals surface area contributed by atoms with Crippen LogP contribution in [0.3, 0.4) is 0 Å². The molecule has 0 aliphatic heterocycles. The third-order valence-electron chi connectivity index (χ3n) is 4.02. The maximum Gasteiger partial charge on any atom is 0.260 e. The Bertz CT molecular complexity index is 1210. The lowest BCUT2D eigenvalue weighted by Crippen LogP contribution is -2.17. The van der Waals surface area contributed by atoms with Crippen LogP contribution in [0.1, 0.15) is 13.3 Å². The van der Waals surface area contributed by atoms with Gasteiger partial charge in [-0.1, -0.05) is 6.92 Å². The van der Waals surface area contributed by atoms with Crippen LogP contribution < -0.4 is 15.6 Å². The number of aromatic nitrogens is 2. The summed E-state index contributed by atoms with van der Waals surface area (Å²) >= 11 is 0. The van der Waals surface area contributed by atoms with Crippen molar-refractivity contribution >= 4 is 38.0 Å². The molecule has 0 aliphatic rings. The first kappa shape index (κ1) is 19.7. The van der Waals surface area contributed by atoms with E-state index in [1.54, 1.807) is 20.0 Å². The highest BCUT2D eigenvalue weighted by atomic mass is 32.2. The molecule has 2 aromatic carbocycles. The van der Waals surface area contributed by atoms with E-state index < -0.39 is 27.3 Å². The smallest absolute Gasteiger partial charge is 0.260 e. The van der Waals surface area contributed by atoms with Crippen LogP contribution >= 0.6 is 0 Å². The van der Waals surface area contributed by atoms with Crippen LogP contribution in [0, 0.1) is 11.6 Å². The van der Waals surface area contributed by atoms with Crippen LogP contribution in [0.5, 0.6) is 0 Å². The number of anilines is 3. The zero-order valence-corrected chi connectivity index (χ0v) is 16.0. The molecule has 28 heavy (non-hydrogen) atoms. The van der Waals surface area contributed by atoms with Gasteiger partial charge < -0.3 is 9.88 Å². The molecular weight excluding hydrogens is 390 g/mol. The SMILES string of the molecule is CCCS(=O)(=O)Nc1ccc(F)c(Nc2ccc3ncn(C)c(=O)c3c2)c1F. The number of hydrogen-bond acceptors (Lipinski definition) is 5. The molecule has 0 saturated carbocycles. The molecule has 0 unspecified atom stereocenters. The van der Waals surface area contributed by atoms with E-state index in [1.165, 1.54) is 23.0 Å². The van der Waals surface area contributed by atoms with Crippen molar-refractivity contribution in [2.75, 3.05) is 15.8 Å². The summed E-state index contributed by atoms with van der Waals surface area (Å²) in [4.78, 5) is 16.3. The Hall–Kier alpha value is -3.01. The molecule has 3 aromatic rings. The molecule has 10 heteroatoms. The molecular formula is C18H18F2N4O3S. The van der Waals surface area contributed by atoms with Crippen molar-refractivity contribution in [2.45, 2.75) is 13.3 Å². The average Bonchev–Trinajstić information content (AvgIpc) is 2.64. The first-order valence-corrected chi connectivity index (χ1v) is 10.1. The van der Waals surface area contributed by atoms with Gasteiger partial charge in [0.15, 0.2) is 5.82 Å². The van der Waals surface area contributed by atoms with Crippen molar-refractivity contribution in [3.8, 4) is 0 Å². The molecule has 0 fully saturated rings. The van der Waals surface area contributed by atoms with Gasteiger partial charge in [0, 0.05) is 12.7 Å². The van der Waals surface area contributed by atoms with Gasteiger partial charge in [-0.3, -0.25) is 9.52 Å². The van der Waals surface area contributed by atoms with Crippen molar-refractivity contribution in [1.82, 2.24) is 9.55 Å². The highest BCUT2D eigenvalue weighted by molar-refractivity contribution is 7.92. The fourth-order valence-corrected chi connectivity index (χ4v) is 3.80. The second kappa shape index (κ2) is 7.55. The van der Waals surface area contributed by atoms with Crippen molar-refractivity contribution in [2.24, 2.45) is 7.05 Å². The second-order valence-electron chi connectivity index (χ2n) is 6.22. The van der Waals surface area contributed by atoms with Gasteiger partial charge in [-0.15, -0.1) is 0 Å². The molecule has 2 N–H and O–H groups in total. The number of fused-ring (bicyclic) bond motifs is 1. The number of nitrogens with zero attached hydrogens (tertiary/aromatic N) is 2. The van der Waals surface area contributed by atoms with E-state index in [1.807, 2.05) is 0 Å². The highest BCUT2D eigenvalue weighted by Crippen LogP contribution is 2.30. The van der Waals surface area contributed by atoms with Crippen LogP contribution in [0.15, 0.2) is 41.5 Å². The van der Waals surface area contributed by atoms with E-state index in [4.69, 9.17) is 0 Å². The Balaban J connectivity index is 2.00. The number of rotatable bonds is 6. The molecule has 3 rings (SSSR count). The summed E-state index contributed by atoms with van der Waals surface area (Å²) in [6.07, 6.45) is 1.73. The predicted molar refractivity (Wildman–Crippen MR) is 104 cm³/mol. The monoisotopic (exact) mass is 408 g/mol. The summed E-state index contributed by atoms with van der Waals surface area (Å²) in [6, 6.07) is 6.46. The molecule has 1 heterocycles. The van der Waals surface area contributed by atoms with Gasteiger partial charge in [0.05, 0.1) is 28.7 Å². The van der Waals surface area contributed by atoms with Crippen LogP contribution in [-0.2, 0) is 17.1 Å². The zero-order valence-electron chi connectivity index (χ0n) is 15.2. The molecule has 0 aliphatic carbocycles. The Morgan fingerprint density at radius 3 is 2.64 bits per heavy atom. The number of hydrogen-bond donors (Lipinski definition) is 2. The zero-order chi connectivity index (χ0) is 20.5. The van der Waals surface area contributed by atoms with Gasteiger partial charge in [-0.25, -0.2) is 22.2 Å². The summed E-state index contributed by atoms with van der Waals surface area (Å²) in [5.41, 5.74) is -0.511. The molecule has 0 radical (unpaired) electrons. The number of aryl methyl sites for hydroxylation is 1. The molecule has 0 atom stereocenters. The molecule has 0 saturated heterocycles. The number of sulfonamides is 1. The minimum atomic E-state index is -3.74. The van der Waals surface area contributed by atoms with E-state index in [0.29, 0.717) is 11.9 Å². The Morgan fingerprint density at radius 1 is 1.18 bits per heavy atom. The quantitative estimate of drug-likeness (QED) is 0.654. The van der Waals surface area contributed by atoms with Crippen LogP contribution in [0.4, 0.5) is 25.8 Å². The third-order valence-corrected chi connectivity index (χ3v) is 5.49. The van der Waals surface area contributed by atoms with Crippen LogP contribution in [0.25, 0.3) is 10.9 Å². The first-order valence-electron chi connectivity index (χ1n) is 8.42. The van der Waals surface area contributed by atoms with Gasteiger partial charge in [-0.05, 0) is 36.8 Å². The van der Waals surface area contributed by atoms with Gasteiger partial charge in [0.2, 0.25) is 10.0 Å². The second-order valence-corrected chi connectivity index (χ2v) is 8.06. The number of nitrogens with one attached hydrogen (secondary N) is 2. The van der Waals surface area contributed by atoms with Crippen LogP contribution in [0.2, 0.25) is 0 Å². The lowest BCUT2D eigenvalue weighted by molar-refractivity contribution is 0.588. The van der Waals surface area contributed by atoms with Crippen molar-refractivity contribution in [3.63, 3.8) is 0 Å². The van der Waals surface area contributed by atoms with Crippen LogP contribution in [-0.4, -0.2) is 23.7 Å². The Kier molecular flexibility index (Phi) is 5.32. The average molecular weight is 408 g/mol. The van der Waals surface area contributed by atoms with Gasteiger partial charge in [0.1, 0.15) is 11.5 Å². The number of benzene rings is 2. The minimum Gasteiger partial charge on any atom is -0.351 e. The van der Waals surface area contributed by atoms with Gasteiger partial charge in [0.25, 0.3) is 5.56 Å². The normalized spacial score (nSPS) is 11.6. The van der Waals surface area contributed by atoms with Gasteiger partial charge in [-0.2, -0.15) is 0 Å². The van der Waals surface area contributed by atoms with E-state index in [0.717, 1.165) is 12.1 Å². The largest absolute Gasteiger partial charge is 0.351 e. The number of halogens is 2. The summed E-state index contributed by atoms with van der Waals surface area (Å²) < 4.78 is 56.1. The molecule has 1 aromatic heterocycles. The maximum absolute atomic E-state index is 14.7. The summed E-state index contributed by atoms with van der Waals surface area (Å²) in [6.45, 7) is 1.67. The first-order chi connectivity index (χ1) is 13.2. The topological polar surface area (TPSA) is 93.1 Å². The summed E-state index contributed by atoms with van der Waals surface area (Å²) in [7, 11) is -2.20. The van der Waals surface area contributed by atoms with Crippen molar-refractivity contribution < 1.29 is 17.2 Å². The molecule has 0 spiro atoms. The van der Waals surface area contributed by atoms with Gasteiger partial charge >= 0.3 is 0 Å². The maximum atomic E-state index is 14.7. The third kappa shape index (κ3) is 3.96. The molecule has 148 valence electrons. The summed E-state index contributed by atoms with van der Waals surface area (Å²) in [5, 5.41) is 2.85. The predicted octanol–water partition coefficient (Wildman–Crippen LogP) is 3.11. The fourth-order valence-electron chi connectivity index (χ4n) is 2.67. The van der Waals surface area contributed by atoms with Crippen molar-refractivity contribution in [1.29, 1.82) is 0 Å². The Labute approximate surface area is 160 Å². The lowest BCUT2D eigenvalue weighted by Gasteiger charge is -2.14. The minimum absolute atomic E-state index is 0.187. The molecule has 0 amide bonds. The Morgan fingerprint density at radius 2 is 1.93 bits per heavy atom. The highest BCUT2D eigenvalue weighted by Gasteiger charge is 2.18. The van der Waals surface area contributed by atoms with E-state index >= 15 is 0 Å². The van der Waals surface area contributed by atoms with E-state index in [-0.39, 0.29) is 28.1 Å². The summed E-state index contributed by atoms with van der Waals surface area (Å²) in [5.74, 6) is -2.18. The molecule has 0 bridgehead atoms. The standard InChI is InChI=1S/C18H18F2N4O3S/c1-3-8-28(26,27)23-15-7-5-13(19)17(16(15)20)22-11-4-6-14-12(9-11)18(25)24(2)10-21-14/h4-7,9-10,22-23H,3,8H2,1-2H3. The molecule has 7 nitrogen and oxygen atoms in total. The lowest BCUT2D eigenvalue weighted by atomic mass is 10.2. The van der Waals surface area contributed by atoms with E-state index in [9.17, 15) is 22.0 Å². The van der Waals surface area contributed by atoms with E-state index in [2.05, 4.69) is 15.0 Å². The fraction of sp³-hybridized carbons (Fsp3) is 0.222.